The Morgan fingerprint density at radius 2 is 1.78 bits per heavy atom. The normalized spacial score (nSPS) is 16.7. The molecule has 0 N–H and O–H groups in total. The van der Waals surface area contributed by atoms with Crippen molar-refractivity contribution in [3.05, 3.63) is 29.4 Å². The van der Waals surface area contributed by atoms with Crippen molar-refractivity contribution >= 4 is 15.9 Å². The summed E-state index contributed by atoms with van der Waals surface area (Å²) >= 11 is 0. The molecule has 3 heterocycles. The van der Waals surface area contributed by atoms with E-state index in [4.69, 9.17) is 4.52 Å². The first-order chi connectivity index (χ1) is 12.5. The number of amides is 1. The van der Waals surface area contributed by atoms with Gasteiger partial charge in [-0.2, -0.15) is 9.40 Å². The van der Waals surface area contributed by atoms with Gasteiger partial charge in [0, 0.05) is 32.4 Å². The molecule has 0 aromatic carbocycles. The third-order valence-corrected chi connectivity index (χ3v) is 6.75. The van der Waals surface area contributed by atoms with Gasteiger partial charge >= 0.3 is 0 Å². The van der Waals surface area contributed by atoms with Crippen molar-refractivity contribution in [1.82, 2.24) is 24.1 Å². The molecule has 0 aliphatic carbocycles. The molecular weight excluding hydrogens is 370 g/mol. The highest BCUT2D eigenvalue weighted by atomic mass is 32.2. The lowest BCUT2D eigenvalue weighted by Gasteiger charge is -2.33. The van der Waals surface area contributed by atoms with Crippen LogP contribution in [0.3, 0.4) is 0 Å². The fourth-order valence-corrected chi connectivity index (χ4v) is 4.80. The van der Waals surface area contributed by atoms with Crippen molar-refractivity contribution in [2.24, 2.45) is 0 Å². The number of nitrogens with zero attached hydrogens (tertiary/aromatic N) is 5. The highest BCUT2D eigenvalue weighted by molar-refractivity contribution is 7.89. The monoisotopic (exact) mass is 395 g/mol. The van der Waals surface area contributed by atoms with E-state index in [9.17, 15) is 13.2 Å². The van der Waals surface area contributed by atoms with Crippen LogP contribution in [0.15, 0.2) is 21.8 Å². The molecule has 0 radical (unpaired) electrons. The first-order valence-electron chi connectivity index (χ1n) is 8.79. The minimum atomic E-state index is -3.69. The molecule has 1 aliphatic rings. The lowest BCUT2D eigenvalue weighted by atomic mass is 10.1. The Bertz CT molecular complexity index is 927. The van der Waals surface area contributed by atoms with Gasteiger partial charge in [-0.1, -0.05) is 5.16 Å². The fourth-order valence-electron chi connectivity index (χ4n) is 3.09. The Morgan fingerprint density at radius 1 is 1.15 bits per heavy atom. The van der Waals surface area contributed by atoms with Crippen LogP contribution in [0.5, 0.6) is 0 Å². The molecular formula is C17H25N5O4S. The van der Waals surface area contributed by atoms with E-state index in [1.807, 2.05) is 20.8 Å². The van der Waals surface area contributed by atoms with Crippen LogP contribution >= 0.6 is 0 Å². The van der Waals surface area contributed by atoms with Crippen molar-refractivity contribution in [3.63, 3.8) is 0 Å². The molecule has 148 valence electrons. The number of hydrogen-bond acceptors (Lipinski definition) is 6. The van der Waals surface area contributed by atoms with Gasteiger partial charge < -0.3 is 9.42 Å². The van der Waals surface area contributed by atoms with Gasteiger partial charge in [0.05, 0.1) is 17.3 Å². The first kappa shape index (κ1) is 19.6. The van der Waals surface area contributed by atoms with Crippen LogP contribution in [0.1, 0.15) is 42.6 Å². The van der Waals surface area contributed by atoms with E-state index in [1.54, 1.807) is 35.8 Å². The molecule has 0 saturated carbocycles. The minimum Gasteiger partial charge on any atom is -0.360 e. The molecule has 2 aromatic heterocycles. The van der Waals surface area contributed by atoms with Gasteiger partial charge in [0.15, 0.2) is 5.76 Å². The summed E-state index contributed by atoms with van der Waals surface area (Å²) in [6.07, 6.45) is 3.29. The number of sulfonamides is 1. The Morgan fingerprint density at radius 3 is 2.26 bits per heavy atom. The standard InChI is InChI=1S/C17H25N5O4S/c1-12-15(13(2)26-19-12)27(24,25)21-8-6-20(7-9-21)16(23)14-10-18-22(11-14)17(3,4)5/h10-11H,6-9H2,1-5H3. The minimum absolute atomic E-state index is 0.119. The Labute approximate surface area is 159 Å². The zero-order valence-electron chi connectivity index (χ0n) is 16.3. The van der Waals surface area contributed by atoms with Gasteiger partial charge in [0.1, 0.15) is 10.6 Å². The largest absolute Gasteiger partial charge is 0.360 e. The molecule has 27 heavy (non-hydrogen) atoms. The number of aryl methyl sites for hydroxylation is 2. The maximum Gasteiger partial charge on any atom is 0.257 e. The third-order valence-electron chi connectivity index (χ3n) is 4.61. The van der Waals surface area contributed by atoms with Crippen LogP contribution in [0.25, 0.3) is 0 Å². The van der Waals surface area contributed by atoms with Crippen LogP contribution in [0, 0.1) is 13.8 Å². The van der Waals surface area contributed by atoms with Crippen molar-refractivity contribution in [2.75, 3.05) is 26.2 Å². The molecule has 9 nitrogen and oxygen atoms in total. The molecule has 0 spiro atoms. The van der Waals surface area contributed by atoms with E-state index in [1.165, 1.54) is 4.31 Å². The van der Waals surface area contributed by atoms with E-state index in [2.05, 4.69) is 10.3 Å². The summed E-state index contributed by atoms with van der Waals surface area (Å²) in [6, 6.07) is 0. The summed E-state index contributed by atoms with van der Waals surface area (Å²) < 4.78 is 33.8. The molecule has 10 heteroatoms. The predicted octanol–water partition coefficient (Wildman–Crippen LogP) is 1.39. The average Bonchev–Trinajstić information content (AvgIpc) is 3.21. The van der Waals surface area contributed by atoms with E-state index in [0.29, 0.717) is 24.3 Å². The predicted molar refractivity (Wildman–Crippen MR) is 97.9 cm³/mol. The summed E-state index contributed by atoms with van der Waals surface area (Å²) in [5, 5.41) is 7.98. The van der Waals surface area contributed by atoms with Crippen LogP contribution in [-0.2, 0) is 15.6 Å². The van der Waals surface area contributed by atoms with Gasteiger partial charge in [-0.05, 0) is 34.6 Å². The average molecular weight is 395 g/mol. The third kappa shape index (κ3) is 3.63. The van der Waals surface area contributed by atoms with Gasteiger partial charge in [-0.3, -0.25) is 9.48 Å². The highest BCUT2D eigenvalue weighted by Crippen LogP contribution is 2.24. The van der Waals surface area contributed by atoms with E-state index >= 15 is 0 Å². The molecule has 3 rings (SSSR count). The lowest BCUT2D eigenvalue weighted by molar-refractivity contribution is 0.0697. The van der Waals surface area contributed by atoms with E-state index in [0.717, 1.165) is 0 Å². The summed E-state index contributed by atoms with van der Waals surface area (Å²) in [4.78, 5) is 14.5. The highest BCUT2D eigenvalue weighted by Gasteiger charge is 2.34. The summed E-state index contributed by atoms with van der Waals surface area (Å²) in [5.74, 6) is 0.139. The molecule has 1 aliphatic heterocycles. The smallest absolute Gasteiger partial charge is 0.257 e. The molecule has 0 unspecified atom stereocenters. The van der Waals surface area contributed by atoms with Gasteiger partial charge in [0.2, 0.25) is 10.0 Å². The van der Waals surface area contributed by atoms with Crippen LogP contribution in [0.4, 0.5) is 0 Å². The number of hydrogen-bond donors (Lipinski definition) is 0. The maximum atomic E-state index is 12.9. The zero-order valence-corrected chi connectivity index (χ0v) is 17.1. The molecule has 1 fully saturated rings. The summed E-state index contributed by atoms with van der Waals surface area (Å²) in [6.45, 7) is 10.3. The molecule has 1 saturated heterocycles. The lowest BCUT2D eigenvalue weighted by Crippen LogP contribution is -2.50. The van der Waals surface area contributed by atoms with Gasteiger partial charge in [-0.25, -0.2) is 8.42 Å². The number of rotatable bonds is 3. The van der Waals surface area contributed by atoms with Crippen molar-refractivity contribution in [2.45, 2.75) is 45.1 Å². The maximum absolute atomic E-state index is 12.9. The molecule has 2 aromatic rings. The Hall–Kier alpha value is -2.20. The van der Waals surface area contributed by atoms with Crippen molar-refractivity contribution in [1.29, 1.82) is 0 Å². The molecule has 0 bridgehead atoms. The number of carbonyl (C=O) groups is 1. The molecule has 0 atom stereocenters. The summed E-state index contributed by atoms with van der Waals surface area (Å²) in [5.41, 5.74) is 0.646. The van der Waals surface area contributed by atoms with Crippen LogP contribution in [0.2, 0.25) is 0 Å². The molecule has 1 amide bonds. The zero-order chi connectivity index (χ0) is 20.0. The quantitative estimate of drug-likeness (QED) is 0.778. The van der Waals surface area contributed by atoms with Crippen LogP contribution in [-0.4, -0.2) is 64.6 Å². The second-order valence-electron chi connectivity index (χ2n) is 7.69. The van der Waals surface area contributed by atoms with Gasteiger partial charge in [-0.15, -0.1) is 0 Å². The Kier molecular flexibility index (Phi) is 4.89. The fraction of sp³-hybridized carbons (Fsp3) is 0.588. The van der Waals surface area contributed by atoms with Crippen LogP contribution < -0.4 is 0 Å². The first-order valence-corrected chi connectivity index (χ1v) is 10.2. The second kappa shape index (κ2) is 6.75. The van der Waals surface area contributed by atoms with Crippen molar-refractivity contribution in [3.8, 4) is 0 Å². The summed E-state index contributed by atoms with van der Waals surface area (Å²) in [7, 11) is -3.69. The second-order valence-corrected chi connectivity index (χ2v) is 9.57. The SMILES string of the molecule is Cc1noc(C)c1S(=O)(=O)N1CCN(C(=O)c2cnn(C(C)(C)C)c2)CC1. The Balaban J connectivity index is 1.70. The topological polar surface area (TPSA) is 102 Å². The number of piperazine rings is 1. The van der Waals surface area contributed by atoms with E-state index in [-0.39, 0.29) is 35.2 Å². The number of carbonyl (C=O) groups excluding carboxylic acids is 1. The van der Waals surface area contributed by atoms with Crippen molar-refractivity contribution < 1.29 is 17.7 Å². The number of aromatic nitrogens is 3. The van der Waals surface area contributed by atoms with Gasteiger partial charge in [0.25, 0.3) is 5.91 Å². The van der Waals surface area contributed by atoms with E-state index < -0.39 is 10.0 Å².